The molecule has 0 aliphatic heterocycles. The Balaban J connectivity index is 1.62. The first-order valence-electron chi connectivity index (χ1n) is 8.45. The summed E-state index contributed by atoms with van der Waals surface area (Å²) in [5.74, 6) is 0.257. The number of hydrogen-bond donors (Lipinski definition) is 1. The topological polar surface area (TPSA) is 99.2 Å². The number of nitrogens with one attached hydrogen (secondary N) is 1. The standard InChI is InChI=1S/C19H16N4O4S/c1-11-8-15(22-27-11)26-9-14(24)21-23-10-20-18-17(19(23)25)16(12(2)28-18)13-6-4-3-5-7-13/h3-8,10H,9H2,1-2H3,(H,21,24). The Morgan fingerprint density at radius 3 is 2.79 bits per heavy atom. The Morgan fingerprint density at radius 1 is 1.29 bits per heavy atom. The number of nitrogens with zero attached hydrogens (tertiary/aromatic N) is 3. The van der Waals surface area contributed by atoms with Gasteiger partial charge in [-0.05, 0) is 24.6 Å². The number of benzene rings is 1. The zero-order valence-corrected chi connectivity index (χ0v) is 15.9. The average Bonchev–Trinajstić information content (AvgIpc) is 3.26. The summed E-state index contributed by atoms with van der Waals surface area (Å²) < 4.78 is 11.2. The van der Waals surface area contributed by atoms with E-state index in [2.05, 4.69) is 15.6 Å². The predicted molar refractivity (Wildman–Crippen MR) is 105 cm³/mol. The van der Waals surface area contributed by atoms with Gasteiger partial charge in [0, 0.05) is 16.5 Å². The second-order valence-corrected chi connectivity index (χ2v) is 7.30. The van der Waals surface area contributed by atoms with Gasteiger partial charge in [-0.1, -0.05) is 30.3 Å². The van der Waals surface area contributed by atoms with Crippen LogP contribution < -0.4 is 15.7 Å². The Labute approximate surface area is 163 Å². The maximum atomic E-state index is 13.0. The molecule has 0 radical (unpaired) electrons. The molecule has 0 fully saturated rings. The van der Waals surface area contributed by atoms with E-state index in [0.717, 1.165) is 20.7 Å². The molecule has 0 saturated carbocycles. The van der Waals surface area contributed by atoms with Crippen LogP contribution in [0.1, 0.15) is 10.6 Å². The highest BCUT2D eigenvalue weighted by molar-refractivity contribution is 7.19. The molecule has 1 N–H and O–H groups in total. The van der Waals surface area contributed by atoms with E-state index in [1.165, 1.54) is 17.7 Å². The third-order valence-electron chi connectivity index (χ3n) is 4.05. The second-order valence-electron chi connectivity index (χ2n) is 6.10. The van der Waals surface area contributed by atoms with Gasteiger partial charge in [-0.3, -0.25) is 15.0 Å². The number of hydrogen-bond acceptors (Lipinski definition) is 7. The van der Waals surface area contributed by atoms with Crippen LogP contribution in [0.25, 0.3) is 21.3 Å². The fourth-order valence-electron chi connectivity index (χ4n) is 2.85. The summed E-state index contributed by atoms with van der Waals surface area (Å²) in [6.07, 6.45) is 1.30. The summed E-state index contributed by atoms with van der Waals surface area (Å²) in [7, 11) is 0. The van der Waals surface area contributed by atoms with Gasteiger partial charge in [0.25, 0.3) is 17.3 Å². The number of ether oxygens (including phenoxy) is 1. The molecule has 0 saturated heterocycles. The van der Waals surface area contributed by atoms with Crippen molar-refractivity contribution >= 4 is 27.5 Å². The fraction of sp³-hybridized carbons (Fsp3) is 0.158. The summed E-state index contributed by atoms with van der Waals surface area (Å²) >= 11 is 1.44. The SMILES string of the molecule is Cc1cc(OCC(=O)Nn2cnc3sc(C)c(-c4ccccc4)c3c2=O)no1. The van der Waals surface area contributed by atoms with Crippen LogP contribution in [-0.2, 0) is 4.79 Å². The van der Waals surface area contributed by atoms with Crippen LogP contribution in [0.15, 0.2) is 52.0 Å². The molecule has 28 heavy (non-hydrogen) atoms. The lowest BCUT2D eigenvalue weighted by Crippen LogP contribution is -2.35. The largest absolute Gasteiger partial charge is 0.465 e. The van der Waals surface area contributed by atoms with Gasteiger partial charge in [0.1, 0.15) is 16.9 Å². The van der Waals surface area contributed by atoms with Crippen LogP contribution in [0.4, 0.5) is 0 Å². The van der Waals surface area contributed by atoms with Gasteiger partial charge in [-0.25, -0.2) is 9.66 Å². The quantitative estimate of drug-likeness (QED) is 0.557. The van der Waals surface area contributed by atoms with Gasteiger partial charge in [0.15, 0.2) is 6.61 Å². The van der Waals surface area contributed by atoms with E-state index in [1.54, 1.807) is 13.0 Å². The first-order valence-corrected chi connectivity index (χ1v) is 9.26. The molecular formula is C19H16N4O4S. The number of aryl methyl sites for hydroxylation is 2. The third-order valence-corrected chi connectivity index (χ3v) is 5.07. The molecular weight excluding hydrogens is 380 g/mol. The van der Waals surface area contributed by atoms with E-state index < -0.39 is 5.91 Å². The minimum atomic E-state index is -0.517. The number of fused-ring (bicyclic) bond motifs is 1. The second kappa shape index (κ2) is 7.28. The highest BCUT2D eigenvalue weighted by atomic mass is 32.1. The predicted octanol–water partition coefficient (Wildman–Crippen LogP) is 2.88. The first kappa shape index (κ1) is 17.9. The molecule has 0 aliphatic carbocycles. The van der Waals surface area contributed by atoms with Gasteiger partial charge in [-0.2, -0.15) is 0 Å². The number of aromatic nitrogens is 3. The van der Waals surface area contributed by atoms with Crippen molar-refractivity contribution in [2.24, 2.45) is 0 Å². The van der Waals surface area contributed by atoms with E-state index in [1.807, 2.05) is 37.3 Å². The van der Waals surface area contributed by atoms with Crippen molar-refractivity contribution < 1.29 is 14.1 Å². The van der Waals surface area contributed by atoms with Crippen molar-refractivity contribution in [1.29, 1.82) is 0 Å². The molecule has 0 bridgehead atoms. The fourth-order valence-corrected chi connectivity index (χ4v) is 3.86. The van der Waals surface area contributed by atoms with Gasteiger partial charge >= 0.3 is 0 Å². The molecule has 4 aromatic rings. The molecule has 1 aromatic carbocycles. The van der Waals surface area contributed by atoms with Crippen molar-refractivity contribution in [1.82, 2.24) is 14.8 Å². The highest BCUT2D eigenvalue weighted by Gasteiger charge is 2.17. The Hall–Kier alpha value is -3.46. The van der Waals surface area contributed by atoms with Crippen molar-refractivity contribution in [3.8, 4) is 17.0 Å². The Morgan fingerprint density at radius 2 is 2.07 bits per heavy atom. The summed E-state index contributed by atoms with van der Waals surface area (Å²) in [5.41, 5.74) is 3.90. The van der Waals surface area contributed by atoms with Gasteiger partial charge in [0.05, 0.1) is 5.39 Å². The maximum Gasteiger partial charge on any atom is 0.281 e. The number of carbonyl (C=O) groups excluding carboxylic acids is 1. The van der Waals surface area contributed by atoms with Crippen LogP contribution >= 0.6 is 11.3 Å². The molecule has 3 heterocycles. The summed E-state index contributed by atoms with van der Waals surface area (Å²) in [4.78, 5) is 31.1. The molecule has 0 aliphatic rings. The molecule has 4 rings (SSSR count). The highest BCUT2D eigenvalue weighted by Crippen LogP contribution is 2.35. The number of amides is 1. The van der Waals surface area contributed by atoms with Crippen LogP contribution in [0.3, 0.4) is 0 Å². The van der Waals surface area contributed by atoms with Crippen LogP contribution in [-0.4, -0.2) is 27.3 Å². The average molecular weight is 396 g/mol. The van der Waals surface area contributed by atoms with E-state index in [9.17, 15) is 9.59 Å². The summed E-state index contributed by atoms with van der Waals surface area (Å²) in [6.45, 7) is 3.35. The van der Waals surface area contributed by atoms with E-state index in [4.69, 9.17) is 9.26 Å². The van der Waals surface area contributed by atoms with Crippen molar-refractivity contribution in [3.63, 3.8) is 0 Å². The molecule has 3 aromatic heterocycles. The molecule has 0 spiro atoms. The minimum absolute atomic E-state index is 0.202. The third kappa shape index (κ3) is 3.39. The monoisotopic (exact) mass is 396 g/mol. The molecule has 9 heteroatoms. The van der Waals surface area contributed by atoms with Crippen molar-refractivity contribution in [2.45, 2.75) is 13.8 Å². The summed E-state index contributed by atoms with van der Waals surface area (Å²) in [5, 5.41) is 4.12. The lowest BCUT2D eigenvalue weighted by Gasteiger charge is -2.08. The Kier molecular flexibility index (Phi) is 4.66. The lowest BCUT2D eigenvalue weighted by molar-refractivity contribution is -0.119. The van der Waals surface area contributed by atoms with E-state index in [0.29, 0.717) is 16.0 Å². The van der Waals surface area contributed by atoms with Gasteiger partial charge in [0.2, 0.25) is 0 Å². The van der Waals surface area contributed by atoms with Crippen LogP contribution in [0, 0.1) is 13.8 Å². The van der Waals surface area contributed by atoms with Crippen LogP contribution in [0.2, 0.25) is 0 Å². The number of carbonyl (C=O) groups is 1. The van der Waals surface area contributed by atoms with E-state index in [-0.39, 0.29) is 18.0 Å². The molecule has 8 nitrogen and oxygen atoms in total. The van der Waals surface area contributed by atoms with Crippen molar-refractivity contribution in [3.05, 3.63) is 63.7 Å². The lowest BCUT2D eigenvalue weighted by atomic mass is 10.0. The summed E-state index contributed by atoms with van der Waals surface area (Å²) in [6, 6.07) is 11.2. The molecule has 0 unspecified atom stereocenters. The maximum absolute atomic E-state index is 13.0. The zero-order chi connectivity index (χ0) is 19.7. The molecule has 0 atom stereocenters. The number of rotatable bonds is 5. The normalized spacial score (nSPS) is 10.9. The van der Waals surface area contributed by atoms with E-state index >= 15 is 0 Å². The number of thiophene rings is 1. The smallest absolute Gasteiger partial charge is 0.281 e. The van der Waals surface area contributed by atoms with Crippen molar-refractivity contribution in [2.75, 3.05) is 12.0 Å². The Bertz CT molecular complexity index is 1210. The molecule has 142 valence electrons. The van der Waals surface area contributed by atoms with Gasteiger partial charge in [-0.15, -0.1) is 11.3 Å². The van der Waals surface area contributed by atoms with Gasteiger partial charge < -0.3 is 9.26 Å². The first-order chi connectivity index (χ1) is 13.5. The zero-order valence-electron chi connectivity index (χ0n) is 15.1. The van der Waals surface area contributed by atoms with Crippen LogP contribution in [0.5, 0.6) is 5.88 Å². The minimum Gasteiger partial charge on any atom is -0.465 e. The molecule has 1 amide bonds.